The van der Waals surface area contributed by atoms with Crippen LogP contribution in [0.25, 0.3) is 11.0 Å². The van der Waals surface area contributed by atoms with Crippen molar-refractivity contribution in [3.05, 3.63) is 53.6 Å². The highest BCUT2D eigenvalue weighted by molar-refractivity contribution is 5.92. The molecule has 0 radical (unpaired) electrons. The van der Waals surface area contributed by atoms with E-state index < -0.39 is 0 Å². The Morgan fingerprint density at radius 2 is 1.89 bits per heavy atom. The Bertz CT molecular complexity index is 1010. The van der Waals surface area contributed by atoms with Gasteiger partial charge in [0.2, 0.25) is 0 Å². The Balaban J connectivity index is 1.49. The number of hydrogen-bond acceptors (Lipinski definition) is 3. The van der Waals surface area contributed by atoms with Gasteiger partial charge in [0.05, 0.1) is 11.3 Å². The van der Waals surface area contributed by atoms with Gasteiger partial charge in [-0.2, -0.15) is 0 Å². The van der Waals surface area contributed by atoms with E-state index in [1.54, 1.807) is 0 Å². The molecule has 4 heteroatoms. The lowest BCUT2D eigenvalue weighted by atomic mass is 9.95. The van der Waals surface area contributed by atoms with Crippen molar-refractivity contribution in [2.75, 3.05) is 5.32 Å². The molecule has 0 atom stereocenters. The summed E-state index contributed by atoms with van der Waals surface area (Å²) in [7, 11) is 0. The van der Waals surface area contributed by atoms with Crippen molar-refractivity contribution in [1.29, 1.82) is 0 Å². The van der Waals surface area contributed by atoms with Gasteiger partial charge in [-0.1, -0.05) is 31.2 Å². The molecule has 3 heterocycles. The third-order valence-electron chi connectivity index (χ3n) is 5.63. The normalized spacial score (nSPS) is 17.5. The number of rotatable bonds is 3. The number of nitrogens with one attached hydrogen (secondary N) is 2. The predicted molar refractivity (Wildman–Crippen MR) is 109 cm³/mol. The Hall–Kier alpha value is -2.80. The molecule has 0 spiro atoms. The number of hydrogen-bond donors (Lipinski definition) is 2. The number of pyridine rings is 2. The van der Waals surface area contributed by atoms with Gasteiger partial charge < -0.3 is 10.3 Å². The molecule has 3 aromatic rings. The molecule has 2 aliphatic rings. The molecule has 0 amide bonds. The minimum atomic E-state index is 0.524. The molecule has 0 bridgehead atoms. The lowest BCUT2D eigenvalue weighted by Crippen LogP contribution is -2.22. The topological polar surface area (TPSA) is 53.6 Å². The highest BCUT2D eigenvalue weighted by atomic mass is 14.9. The molecular weight excluding hydrogens is 332 g/mol. The van der Waals surface area contributed by atoms with Crippen LogP contribution in [0.5, 0.6) is 0 Å². The molecule has 4 nitrogen and oxygen atoms in total. The Labute approximate surface area is 159 Å². The van der Waals surface area contributed by atoms with Crippen LogP contribution >= 0.6 is 0 Å². The zero-order chi connectivity index (χ0) is 18.1. The van der Waals surface area contributed by atoms with Gasteiger partial charge in [-0.25, -0.2) is 9.97 Å². The molecule has 0 saturated heterocycles. The van der Waals surface area contributed by atoms with Gasteiger partial charge in [-0.15, -0.1) is 0 Å². The summed E-state index contributed by atoms with van der Waals surface area (Å²) in [6.45, 7) is 0. The van der Waals surface area contributed by atoms with Crippen LogP contribution in [0.3, 0.4) is 0 Å². The van der Waals surface area contributed by atoms with Crippen LogP contribution in [-0.2, 0) is 0 Å². The van der Waals surface area contributed by atoms with Crippen LogP contribution < -0.4 is 5.32 Å². The number of H-pyrrole nitrogens is 1. The van der Waals surface area contributed by atoms with Gasteiger partial charge >= 0.3 is 0 Å². The summed E-state index contributed by atoms with van der Waals surface area (Å²) in [6, 6.07) is 8.79. The zero-order valence-corrected chi connectivity index (χ0v) is 15.5. The second kappa shape index (κ2) is 7.08. The number of aromatic amines is 1. The maximum Gasteiger partial charge on any atom is 0.139 e. The first-order chi connectivity index (χ1) is 13.4. The molecule has 0 aromatic carbocycles. The lowest BCUT2D eigenvalue weighted by molar-refractivity contribution is 0.463. The third kappa shape index (κ3) is 3.55. The third-order valence-corrected chi connectivity index (χ3v) is 5.63. The smallest absolute Gasteiger partial charge is 0.139 e. The highest BCUT2D eigenvalue weighted by Gasteiger charge is 2.24. The predicted octanol–water partition coefficient (Wildman–Crippen LogP) is 4.98. The zero-order valence-electron chi connectivity index (χ0n) is 15.5. The molecule has 2 saturated carbocycles. The summed E-state index contributed by atoms with van der Waals surface area (Å²) in [5.74, 6) is 7.25. The molecule has 0 unspecified atom stereocenters. The van der Waals surface area contributed by atoms with E-state index in [9.17, 15) is 0 Å². The van der Waals surface area contributed by atoms with E-state index in [4.69, 9.17) is 4.98 Å². The molecule has 2 fully saturated rings. The molecule has 0 aliphatic heterocycles. The van der Waals surface area contributed by atoms with E-state index in [0.717, 1.165) is 28.0 Å². The number of anilines is 1. The fourth-order valence-electron chi connectivity index (χ4n) is 3.97. The van der Waals surface area contributed by atoms with Crippen LogP contribution in [0, 0.1) is 11.8 Å². The van der Waals surface area contributed by atoms with E-state index in [1.165, 1.54) is 50.6 Å². The first-order valence-corrected chi connectivity index (χ1v) is 10.1. The molecule has 2 N–H and O–H groups in total. The van der Waals surface area contributed by atoms with Crippen molar-refractivity contribution in [3.8, 4) is 11.8 Å². The molecule has 5 rings (SSSR count). The average Bonchev–Trinajstić information content (AvgIpc) is 3.46. The van der Waals surface area contributed by atoms with Crippen LogP contribution in [0.2, 0.25) is 0 Å². The number of nitrogens with zero attached hydrogens (tertiary/aromatic N) is 2. The molecule has 2 aliphatic carbocycles. The van der Waals surface area contributed by atoms with Crippen LogP contribution in [0.4, 0.5) is 5.69 Å². The summed E-state index contributed by atoms with van der Waals surface area (Å²) < 4.78 is 0. The van der Waals surface area contributed by atoms with E-state index in [2.05, 4.69) is 45.3 Å². The number of fused-ring (bicyclic) bond motifs is 1. The van der Waals surface area contributed by atoms with Crippen molar-refractivity contribution >= 4 is 16.7 Å². The van der Waals surface area contributed by atoms with E-state index in [1.807, 2.05) is 18.5 Å². The molecule has 136 valence electrons. The van der Waals surface area contributed by atoms with E-state index in [-0.39, 0.29) is 0 Å². The van der Waals surface area contributed by atoms with Gasteiger partial charge in [0, 0.05) is 35.4 Å². The monoisotopic (exact) mass is 356 g/mol. The quantitative estimate of drug-likeness (QED) is 0.651. The Kier molecular flexibility index (Phi) is 4.29. The maximum atomic E-state index is 4.73. The van der Waals surface area contributed by atoms with Crippen molar-refractivity contribution < 1.29 is 0 Å². The maximum absolute atomic E-state index is 4.73. The van der Waals surface area contributed by atoms with Crippen molar-refractivity contribution in [1.82, 2.24) is 15.0 Å². The number of aromatic nitrogens is 3. The van der Waals surface area contributed by atoms with Crippen LogP contribution in [0.1, 0.15) is 67.8 Å². The summed E-state index contributed by atoms with van der Waals surface area (Å²) in [5, 5.41) is 4.89. The van der Waals surface area contributed by atoms with Gasteiger partial charge in [0.15, 0.2) is 0 Å². The van der Waals surface area contributed by atoms with Gasteiger partial charge in [0.1, 0.15) is 11.3 Å². The van der Waals surface area contributed by atoms with E-state index in [0.29, 0.717) is 12.0 Å². The largest absolute Gasteiger partial charge is 0.381 e. The lowest BCUT2D eigenvalue weighted by Gasteiger charge is -2.24. The second-order valence-electron chi connectivity index (χ2n) is 7.74. The van der Waals surface area contributed by atoms with Crippen molar-refractivity contribution in [2.45, 2.75) is 56.9 Å². The molecule has 3 aromatic heterocycles. The summed E-state index contributed by atoms with van der Waals surface area (Å²) >= 11 is 0. The minimum Gasteiger partial charge on any atom is -0.381 e. The van der Waals surface area contributed by atoms with Gasteiger partial charge in [-0.05, 0) is 49.8 Å². The molecular formula is C23H24N4. The minimum absolute atomic E-state index is 0.524. The average molecular weight is 356 g/mol. The van der Waals surface area contributed by atoms with Gasteiger partial charge in [0.25, 0.3) is 0 Å². The summed E-state index contributed by atoms with van der Waals surface area (Å²) in [4.78, 5) is 12.5. The fourth-order valence-corrected chi connectivity index (χ4v) is 3.97. The SMILES string of the molecule is C(#Cc1cnc2[nH]ccc2c1NC1CCCCC1)c1cccc(C2CC2)n1. The van der Waals surface area contributed by atoms with Crippen molar-refractivity contribution in [2.24, 2.45) is 0 Å². The Morgan fingerprint density at radius 1 is 1.00 bits per heavy atom. The second-order valence-corrected chi connectivity index (χ2v) is 7.74. The first kappa shape index (κ1) is 16.4. The molecule has 27 heavy (non-hydrogen) atoms. The highest BCUT2D eigenvalue weighted by Crippen LogP contribution is 2.38. The first-order valence-electron chi connectivity index (χ1n) is 10.1. The fraction of sp³-hybridized carbons (Fsp3) is 0.391. The summed E-state index contributed by atoms with van der Waals surface area (Å²) in [6.07, 6.45) is 12.8. The van der Waals surface area contributed by atoms with Gasteiger partial charge in [-0.3, -0.25) is 0 Å². The van der Waals surface area contributed by atoms with E-state index >= 15 is 0 Å². The Morgan fingerprint density at radius 3 is 2.74 bits per heavy atom. The standard InChI is InChI=1S/C23H24N4/c1-2-5-18(6-3-1)27-22-17(15-25-23-20(22)13-14-24-23)11-12-19-7-4-8-21(26-19)16-9-10-16/h4,7-8,13-16,18H,1-3,5-6,9-10H2,(H2,24,25,27). The van der Waals surface area contributed by atoms with Crippen molar-refractivity contribution in [3.63, 3.8) is 0 Å². The van der Waals surface area contributed by atoms with Crippen LogP contribution in [-0.4, -0.2) is 21.0 Å². The van der Waals surface area contributed by atoms with Crippen LogP contribution in [0.15, 0.2) is 36.7 Å². The summed E-state index contributed by atoms with van der Waals surface area (Å²) in [5.41, 5.74) is 5.00.